The Morgan fingerprint density at radius 2 is 2.26 bits per heavy atom. The van der Waals surface area contributed by atoms with Gasteiger partial charge in [0, 0.05) is 11.8 Å². The van der Waals surface area contributed by atoms with Crippen molar-refractivity contribution < 1.29 is 9.90 Å². The predicted octanol–water partition coefficient (Wildman–Crippen LogP) is 2.26. The van der Waals surface area contributed by atoms with Crippen LogP contribution in [0.3, 0.4) is 0 Å². The number of hydrogen-bond donors (Lipinski definition) is 3. The smallest absolute Gasteiger partial charge is 0.272 e. The number of nitrogens with one attached hydrogen (secondary N) is 2. The van der Waals surface area contributed by atoms with Crippen LogP contribution in [0.2, 0.25) is 5.02 Å². The summed E-state index contributed by atoms with van der Waals surface area (Å²) >= 11 is 6.01. The number of halogens is 1. The molecule has 1 amide bonds. The molecule has 4 nitrogen and oxygen atoms in total. The molecule has 1 heterocycles. The number of carbonyl (C=O) groups is 1. The van der Waals surface area contributed by atoms with E-state index in [4.69, 9.17) is 16.7 Å². The highest BCUT2D eigenvalue weighted by Crippen LogP contribution is 2.23. The maximum absolute atomic E-state index is 11.9. The number of aliphatic hydroxyl groups excluding tert-OH is 1. The average molecular weight is 275 g/mol. The van der Waals surface area contributed by atoms with E-state index in [-0.39, 0.29) is 12.5 Å². The van der Waals surface area contributed by atoms with Crippen molar-refractivity contribution in [3.8, 4) is 11.8 Å². The van der Waals surface area contributed by atoms with Crippen LogP contribution in [-0.4, -0.2) is 22.6 Å². The lowest BCUT2D eigenvalue weighted by Crippen LogP contribution is -2.12. The summed E-state index contributed by atoms with van der Waals surface area (Å²) in [7, 11) is 0. The van der Waals surface area contributed by atoms with Gasteiger partial charge in [0.05, 0.1) is 10.7 Å². The first-order chi connectivity index (χ1) is 9.20. The Bertz CT molecular complexity index is 639. The third kappa shape index (κ3) is 3.38. The fourth-order valence-electron chi connectivity index (χ4n) is 1.50. The molecule has 0 spiro atoms. The molecule has 0 fully saturated rings. The SMILES string of the molecule is O=C(Nc1cc(C#CCO)ccc1Cl)c1ccc[nH]1. The van der Waals surface area contributed by atoms with Crippen LogP contribution >= 0.6 is 11.6 Å². The molecule has 0 aliphatic heterocycles. The largest absolute Gasteiger partial charge is 0.384 e. The van der Waals surface area contributed by atoms with E-state index < -0.39 is 0 Å². The van der Waals surface area contributed by atoms with Crippen LogP contribution in [0.15, 0.2) is 36.5 Å². The second kappa shape index (κ2) is 6.10. The second-order valence-corrected chi connectivity index (χ2v) is 4.10. The number of aromatic amines is 1. The molecule has 3 N–H and O–H groups in total. The number of benzene rings is 1. The van der Waals surface area contributed by atoms with Gasteiger partial charge in [-0.05, 0) is 30.3 Å². The van der Waals surface area contributed by atoms with Gasteiger partial charge in [-0.1, -0.05) is 23.4 Å². The van der Waals surface area contributed by atoms with Gasteiger partial charge in [0.15, 0.2) is 0 Å². The van der Waals surface area contributed by atoms with Gasteiger partial charge in [0.2, 0.25) is 0 Å². The van der Waals surface area contributed by atoms with Gasteiger partial charge in [-0.15, -0.1) is 0 Å². The van der Waals surface area contributed by atoms with Gasteiger partial charge in [-0.25, -0.2) is 0 Å². The lowest BCUT2D eigenvalue weighted by atomic mass is 10.2. The fraction of sp³-hybridized carbons (Fsp3) is 0.0714. The number of anilines is 1. The molecule has 0 radical (unpaired) electrons. The molecular weight excluding hydrogens is 264 g/mol. The fourth-order valence-corrected chi connectivity index (χ4v) is 1.67. The molecule has 1 aromatic carbocycles. The van der Waals surface area contributed by atoms with E-state index in [1.54, 1.807) is 36.5 Å². The minimum atomic E-state index is -0.279. The Labute approximate surface area is 115 Å². The number of rotatable bonds is 2. The highest BCUT2D eigenvalue weighted by atomic mass is 35.5. The molecule has 0 bridgehead atoms. The van der Waals surface area contributed by atoms with Crippen LogP contribution in [0.4, 0.5) is 5.69 Å². The zero-order valence-corrected chi connectivity index (χ0v) is 10.7. The van der Waals surface area contributed by atoms with Gasteiger partial charge in [0.25, 0.3) is 5.91 Å². The standard InChI is InChI=1S/C14H11ClN2O2/c15-11-6-5-10(3-2-8-18)9-13(11)17-14(19)12-4-1-7-16-12/h1,4-7,9,16,18H,8H2,(H,17,19). The number of aliphatic hydroxyl groups is 1. The summed E-state index contributed by atoms with van der Waals surface area (Å²) in [6.45, 7) is -0.215. The summed E-state index contributed by atoms with van der Waals surface area (Å²) < 4.78 is 0. The maximum atomic E-state index is 11.9. The van der Waals surface area contributed by atoms with Crippen molar-refractivity contribution in [3.05, 3.63) is 52.8 Å². The molecule has 0 aliphatic carbocycles. The van der Waals surface area contributed by atoms with Crippen molar-refractivity contribution >= 4 is 23.2 Å². The summed E-state index contributed by atoms with van der Waals surface area (Å²) in [5, 5.41) is 11.8. The minimum Gasteiger partial charge on any atom is -0.384 e. The lowest BCUT2D eigenvalue weighted by Gasteiger charge is -2.06. The quantitative estimate of drug-likeness (QED) is 0.736. The van der Waals surface area contributed by atoms with Crippen LogP contribution in [0, 0.1) is 11.8 Å². The molecule has 2 rings (SSSR count). The first-order valence-electron chi connectivity index (χ1n) is 5.54. The normalized spacial score (nSPS) is 9.58. The van der Waals surface area contributed by atoms with E-state index >= 15 is 0 Å². The molecule has 0 saturated carbocycles. The predicted molar refractivity (Wildman–Crippen MR) is 74.2 cm³/mol. The van der Waals surface area contributed by atoms with E-state index in [1.807, 2.05) is 0 Å². The molecule has 0 aliphatic rings. The molecule has 5 heteroatoms. The van der Waals surface area contributed by atoms with Gasteiger partial charge in [-0.3, -0.25) is 4.79 Å². The number of carbonyl (C=O) groups excluding carboxylic acids is 1. The average Bonchev–Trinajstić information content (AvgIpc) is 2.93. The monoisotopic (exact) mass is 274 g/mol. The van der Waals surface area contributed by atoms with E-state index in [0.717, 1.165) is 0 Å². The molecule has 0 saturated heterocycles. The summed E-state index contributed by atoms with van der Waals surface area (Å²) in [4.78, 5) is 14.7. The van der Waals surface area contributed by atoms with Crippen molar-refractivity contribution in [1.29, 1.82) is 0 Å². The highest BCUT2D eigenvalue weighted by molar-refractivity contribution is 6.34. The Balaban J connectivity index is 2.22. The van der Waals surface area contributed by atoms with Crippen molar-refractivity contribution in [1.82, 2.24) is 4.98 Å². The topological polar surface area (TPSA) is 65.1 Å². The van der Waals surface area contributed by atoms with E-state index in [9.17, 15) is 4.79 Å². The number of H-pyrrole nitrogens is 1. The number of amides is 1. The van der Waals surface area contributed by atoms with Crippen LogP contribution in [-0.2, 0) is 0 Å². The molecule has 19 heavy (non-hydrogen) atoms. The van der Waals surface area contributed by atoms with Crippen LogP contribution in [0.25, 0.3) is 0 Å². The maximum Gasteiger partial charge on any atom is 0.272 e. The summed E-state index contributed by atoms with van der Waals surface area (Å²) in [5.74, 6) is 5.01. The third-order valence-corrected chi connectivity index (χ3v) is 2.70. The second-order valence-electron chi connectivity index (χ2n) is 3.69. The number of aromatic nitrogens is 1. The number of hydrogen-bond acceptors (Lipinski definition) is 2. The van der Waals surface area contributed by atoms with Gasteiger partial charge in [0.1, 0.15) is 12.3 Å². The van der Waals surface area contributed by atoms with Crippen molar-refractivity contribution in [2.24, 2.45) is 0 Å². The summed E-state index contributed by atoms with van der Waals surface area (Å²) in [6, 6.07) is 8.42. The molecule has 1 aromatic heterocycles. The first kappa shape index (κ1) is 13.2. The molecule has 0 atom stereocenters. The molecule has 96 valence electrons. The van der Waals surface area contributed by atoms with E-state index in [1.165, 1.54) is 0 Å². The zero-order chi connectivity index (χ0) is 13.7. The van der Waals surface area contributed by atoms with E-state index in [0.29, 0.717) is 22.0 Å². The molecular formula is C14H11ClN2O2. The third-order valence-electron chi connectivity index (χ3n) is 2.37. The Morgan fingerprint density at radius 1 is 1.42 bits per heavy atom. The van der Waals surface area contributed by atoms with Crippen LogP contribution in [0.5, 0.6) is 0 Å². The minimum absolute atomic E-state index is 0.215. The summed E-state index contributed by atoms with van der Waals surface area (Å²) in [5.41, 5.74) is 1.59. The highest BCUT2D eigenvalue weighted by Gasteiger charge is 2.09. The van der Waals surface area contributed by atoms with Crippen LogP contribution in [0.1, 0.15) is 16.1 Å². The van der Waals surface area contributed by atoms with Crippen molar-refractivity contribution in [2.75, 3.05) is 11.9 Å². The van der Waals surface area contributed by atoms with Crippen LogP contribution < -0.4 is 5.32 Å². The Morgan fingerprint density at radius 3 is 2.95 bits per heavy atom. The van der Waals surface area contributed by atoms with Gasteiger partial charge >= 0.3 is 0 Å². The lowest BCUT2D eigenvalue weighted by molar-refractivity contribution is 0.102. The summed E-state index contributed by atoms with van der Waals surface area (Å²) in [6.07, 6.45) is 1.67. The Kier molecular flexibility index (Phi) is 4.24. The first-order valence-corrected chi connectivity index (χ1v) is 5.92. The van der Waals surface area contributed by atoms with E-state index in [2.05, 4.69) is 22.1 Å². The van der Waals surface area contributed by atoms with Crippen molar-refractivity contribution in [3.63, 3.8) is 0 Å². The van der Waals surface area contributed by atoms with Gasteiger partial charge < -0.3 is 15.4 Å². The molecule has 2 aromatic rings. The van der Waals surface area contributed by atoms with Gasteiger partial charge in [-0.2, -0.15) is 0 Å². The zero-order valence-electron chi connectivity index (χ0n) is 9.90. The van der Waals surface area contributed by atoms with Crippen molar-refractivity contribution in [2.45, 2.75) is 0 Å². The molecule has 0 unspecified atom stereocenters. The Hall–Kier alpha value is -2.22.